The molecular formula is C13H17BrFN3O. The van der Waals surface area contributed by atoms with Crippen LogP contribution >= 0.6 is 15.9 Å². The molecule has 0 aliphatic carbocycles. The number of anilines is 1. The fourth-order valence-corrected chi connectivity index (χ4v) is 2.28. The van der Waals surface area contributed by atoms with Gasteiger partial charge >= 0.3 is 0 Å². The number of nitrogens with one attached hydrogen (secondary N) is 2. The molecule has 1 aromatic rings. The first kappa shape index (κ1) is 14.4. The molecule has 0 bridgehead atoms. The predicted octanol–water partition coefficient (Wildman–Crippen LogP) is 1.82. The summed E-state index contributed by atoms with van der Waals surface area (Å²) in [5.41, 5.74) is 0.485. The molecule has 1 saturated heterocycles. The van der Waals surface area contributed by atoms with E-state index in [0.29, 0.717) is 16.7 Å². The van der Waals surface area contributed by atoms with Crippen LogP contribution < -0.4 is 10.6 Å². The number of hydrogen-bond donors (Lipinski definition) is 2. The number of carbonyl (C=O) groups excluding carboxylic acids is 1. The molecule has 1 aliphatic heterocycles. The van der Waals surface area contributed by atoms with Gasteiger partial charge in [0, 0.05) is 18.8 Å². The first-order chi connectivity index (χ1) is 9.15. The molecule has 0 unspecified atom stereocenters. The molecule has 2 rings (SSSR count). The van der Waals surface area contributed by atoms with Crippen molar-refractivity contribution in [2.24, 2.45) is 0 Å². The number of benzene rings is 1. The highest BCUT2D eigenvalue weighted by molar-refractivity contribution is 9.10. The topological polar surface area (TPSA) is 44.4 Å². The van der Waals surface area contributed by atoms with Crippen LogP contribution in [0.2, 0.25) is 0 Å². The lowest BCUT2D eigenvalue weighted by molar-refractivity contribution is -0.117. The SMILES string of the molecule is O=C(CN1CCCNCC1)Nc1ccc(Br)c(F)c1. The van der Waals surface area contributed by atoms with Gasteiger partial charge in [0.15, 0.2) is 0 Å². The van der Waals surface area contributed by atoms with Crippen molar-refractivity contribution in [1.82, 2.24) is 10.2 Å². The third-order valence-electron chi connectivity index (χ3n) is 3.00. The van der Waals surface area contributed by atoms with Gasteiger partial charge < -0.3 is 10.6 Å². The van der Waals surface area contributed by atoms with Crippen molar-refractivity contribution in [2.75, 3.05) is 38.0 Å². The second-order valence-corrected chi connectivity index (χ2v) is 5.41. The van der Waals surface area contributed by atoms with Gasteiger partial charge in [-0.2, -0.15) is 0 Å². The van der Waals surface area contributed by atoms with E-state index in [-0.39, 0.29) is 11.7 Å². The van der Waals surface area contributed by atoms with Gasteiger partial charge in [-0.3, -0.25) is 9.69 Å². The number of carbonyl (C=O) groups is 1. The maximum absolute atomic E-state index is 13.3. The zero-order valence-corrected chi connectivity index (χ0v) is 12.2. The number of halogens is 2. The lowest BCUT2D eigenvalue weighted by Gasteiger charge is -2.18. The number of hydrogen-bond acceptors (Lipinski definition) is 3. The van der Waals surface area contributed by atoms with E-state index in [1.54, 1.807) is 12.1 Å². The monoisotopic (exact) mass is 329 g/mol. The highest BCUT2D eigenvalue weighted by Gasteiger charge is 2.13. The van der Waals surface area contributed by atoms with Gasteiger partial charge in [-0.1, -0.05) is 0 Å². The second-order valence-electron chi connectivity index (χ2n) is 4.56. The van der Waals surface area contributed by atoms with E-state index < -0.39 is 0 Å². The highest BCUT2D eigenvalue weighted by Crippen LogP contribution is 2.19. The van der Waals surface area contributed by atoms with Gasteiger partial charge in [0.1, 0.15) is 5.82 Å². The summed E-state index contributed by atoms with van der Waals surface area (Å²) in [5, 5.41) is 6.00. The number of nitrogens with zero attached hydrogens (tertiary/aromatic N) is 1. The van der Waals surface area contributed by atoms with Gasteiger partial charge in [0.25, 0.3) is 0 Å². The largest absolute Gasteiger partial charge is 0.325 e. The Kier molecular flexibility index (Phi) is 5.30. The fraction of sp³-hybridized carbons (Fsp3) is 0.462. The fourth-order valence-electron chi connectivity index (χ4n) is 2.04. The van der Waals surface area contributed by atoms with E-state index in [1.165, 1.54) is 6.07 Å². The van der Waals surface area contributed by atoms with Gasteiger partial charge in [-0.05, 0) is 53.6 Å². The van der Waals surface area contributed by atoms with Crippen molar-refractivity contribution >= 4 is 27.5 Å². The summed E-state index contributed by atoms with van der Waals surface area (Å²) in [6, 6.07) is 4.57. The molecule has 4 nitrogen and oxygen atoms in total. The predicted molar refractivity (Wildman–Crippen MR) is 76.7 cm³/mol. The Morgan fingerprint density at radius 1 is 1.42 bits per heavy atom. The lowest BCUT2D eigenvalue weighted by Crippen LogP contribution is -2.35. The van der Waals surface area contributed by atoms with Crippen LogP contribution in [0.25, 0.3) is 0 Å². The Morgan fingerprint density at radius 3 is 3.05 bits per heavy atom. The van der Waals surface area contributed by atoms with Crippen LogP contribution in [0.5, 0.6) is 0 Å². The molecule has 1 heterocycles. The van der Waals surface area contributed by atoms with Crippen LogP contribution in [0.4, 0.5) is 10.1 Å². The Labute approximate surface area is 120 Å². The number of rotatable bonds is 3. The third kappa shape index (κ3) is 4.56. The van der Waals surface area contributed by atoms with Gasteiger partial charge in [0.2, 0.25) is 5.91 Å². The summed E-state index contributed by atoms with van der Waals surface area (Å²) in [6.45, 7) is 4.02. The molecule has 0 atom stereocenters. The quantitative estimate of drug-likeness (QED) is 0.889. The van der Waals surface area contributed by atoms with Crippen LogP contribution in [0.1, 0.15) is 6.42 Å². The van der Waals surface area contributed by atoms with Gasteiger partial charge in [-0.25, -0.2) is 4.39 Å². The maximum Gasteiger partial charge on any atom is 0.238 e. The van der Waals surface area contributed by atoms with Crippen molar-refractivity contribution in [1.29, 1.82) is 0 Å². The molecule has 1 aromatic carbocycles. The Morgan fingerprint density at radius 2 is 2.26 bits per heavy atom. The average Bonchev–Trinajstić information content (AvgIpc) is 2.62. The number of amides is 1. The molecule has 1 amide bonds. The summed E-state index contributed by atoms with van der Waals surface area (Å²) in [4.78, 5) is 14.0. The summed E-state index contributed by atoms with van der Waals surface area (Å²) in [5.74, 6) is -0.486. The smallest absolute Gasteiger partial charge is 0.238 e. The standard InChI is InChI=1S/C13H17BrFN3O/c14-11-3-2-10(8-12(11)15)17-13(19)9-18-6-1-4-16-5-7-18/h2-3,8,16H,1,4-7,9H2,(H,17,19). The van der Waals surface area contributed by atoms with Crippen LogP contribution in [-0.4, -0.2) is 43.5 Å². The third-order valence-corrected chi connectivity index (χ3v) is 3.65. The zero-order chi connectivity index (χ0) is 13.7. The van der Waals surface area contributed by atoms with Crippen molar-refractivity contribution < 1.29 is 9.18 Å². The summed E-state index contributed by atoms with van der Waals surface area (Å²) >= 11 is 3.08. The van der Waals surface area contributed by atoms with E-state index in [2.05, 4.69) is 31.5 Å². The molecule has 0 spiro atoms. The van der Waals surface area contributed by atoms with Crippen LogP contribution in [-0.2, 0) is 4.79 Å². The molecule has 0 radical (unpaired) electrons. The van der Waals surface area contributed by atoms with Crippen LogP contribution in [0.3, 0.4) is 0 Å². The van der Waals surface area contributed by atoms with E-state index in [0.717, 1.165) is 32.6 Å². The van der Waals surface area contributed by atoms with Gasteiger partial charge in [-0.15, -0.1) is 0 Å². The van der Waals surface area contributed by atoms with Crippen LogP contribution in [0, 0.1) is 5.82 Å². The van der Waals surface area contributed by atoms with Crippen molar-refractivity contribution in [3.8, 4) is 0 Å². The summed E-state index contributed by atoms with van der Waals surface area (Å²) in [7, 11) is 0. The zero-order valence-electron chi connectivity index (χ0n) is 10.6. The first-order valence-electron chi connectivity index (χ1n) is 6.33. The first-order valence-corrected chi connectivity index (χ1v) is 7.12. The van der Waals surface area contributed by atoms with Crippen molar-refractivity contribution in [2.45, 2.75) is 6.42 Å². The molecule has 0 aromatic heterocycles. The van der Waals surface area contributed by atoms with Crippen LogP contribution in [0.15, 0.2) is 22.7 Å². The molecule has 2 N–H and O–H groups in total. The van der Waals surface area contributed by atoms with Crippen molar-refractivity contribution in [3.63, 3.8) is 0 Å². The second kappa shape index (κ2) is 6.98. The minimum Gasteiger partial charge on any atom is -0.325 e. The minimum atomic E-state index is -0.378. The Hall–Kier alpha value is -0.980. The average molecular weight is 330 g/mol. The maximum atomic E-state index is 13.3. The normalized spacial score (nSPS) is 16.9. The molecule has 6 heteroatoms. The minimum absolute atomic E-state index is 0.108. The highest BCUT2D eigenvalue weighted by atomic mass is 79.9. The summed E-state index contributed by atoms with van der Waals surface area (Å²) < 4.78 is 13.7. The van der Waals surface area contributed by atoms with Crippen molar-refractivity contribution in [3.05, 3.63) is 28.5 Å². The molecule has 0 saturated carbocycles. The Balaban J connectivity index is 1.87. The lowest BCUT2D eigenvalue weighted by atomic mass is 10.3. The molecule has 19 heavy (non-hydrogen) atoms. The molecule has 1 aliphatic rings. The van der Waals surface area contributed by atoms with E-state index in [4.69, 9.17) is 0 Å². The van der Waals surface area contributed by atoms with E-state index in [9.17, 15) is 9.18 Å². The van der Waals surface area contributed by atoms with E-state index >= 15 is 0 Å². The summed E-state index contributed by atoms with van der Waals surface area (Å²) in [6.07, 6.45) is 1.04. The molecular weight excluding hydrogens is 313 g/mol. The molecule has 104 valence electrons. The Bertz CT molecular complexity index is 448. The van der Waals surface area contributed by atoms with E-state index in [1.807, 2.05) is 0 Å². The van der Waals surface area contributed by atoms with Gasteiger partial charge in [0.05, 0.1) is 11.0 Å². The molecule has 1 fully saturated rings.